The number of nitrogens with zero attached hydrogens (tertiary/aromatic N) is 3. The van der Waals surface area contributed by atoms with Gasteiger partial charge in [-0.3, -0.25) is 18.7 Å². The van der Waals surface area contributed by atoms with Crippen molar-refractivity contribution in [2.75, 3.05) is 0 Å². The van der Waals surface area contributed by atoms with Crippen LogP contribution in [0.25, 0.3) is 0 Å². The van der Waals surface area contributed by atoms with Gasteiger partial charge in [-0.05, 0) is 24.3 Å². The number of halogens is 2. The summed E-state index contributed by atoms with van der Waals surface area (Å²) in [6.07, 6.45) is 3.33. The monoisotopic (exact) mass is 508 g/mol. The van der Waals surface area contributed by atoms with Crippen LogP contribution in [0, 0.1) is 5.41 Å². The zero-order valence-corrected chi connectivity index (χ0v) is 18.5. The van der Waals surface area contributed by atoms with E-state index in [0.29, 0.717) is 21.1 Å². The van der Waals surface area contributed by atoms with Gasteiger partial charge >= 0.3 is 5.69 Å². The second kappa shape index (κ2) is 8.66. The number of rotatable bonds is 4. The third-order valence-electron chi connectivity index (χ3n) is 4.35. The predicted octanol–water partition coefficient (Wildman–Crippen LogP) is 1.98. The van der Waals surface area contributed by atoms with Gasteiger partial charge in [-0.1, -0.05) is 28.1 Å². The number of carbonyl (C=O) groups is 1. The highest BCUT2D eigenvalue weighted by Crippen LogP contribution is 2.20. The summed E-state index contributed by atoms with van der Waals surface area (Å²) in [7, 11) is 2.89. The van der Waals surface area contributed by atoms with Crippen molar-refractivity contribution in [2.24, 2.45) is 14.1 Å². The molecule has 7 nitrogen and oxygen atoms in total. The van der Waals surface area contributed by atoms with E-state index >= 15 is 0 Å². The molecule has 2 heterocycles. The Morgan fingerprint density at radius 3 is 2.25 bits per heavy atom. The topological polar surface area (TPSA) is 89.8 Å². The molecule has 0 unspecified atom stereocenters. The summed E-state index contributed by atoms with van der Waals surface area (Å²) in [6.45, 7) is 0.146. The Labute approximate surface area is 179 Å². The van der Waals surface area contributed by atoms with Crippen molar-refractivity contribution in [3.05, 3.63) is 96.3 Å². The van der Waals surface area contributed by atoms with Crippen LogP contribution >= 0.6 is 32.9 Å². The molecular formula is C19H18Br2N4O3. The van der Waals surface area contributed by atoms with Crippen LogP contribution in [0.2, 0.25) is 0 Å². The molecule has 0 saturated carbocycles. The quantitative estimate of drug-likeness (QED) is 0.545. The molecule has 0 fully saturated rings. The van der Waals surface area contributed by atoms with Crippen molar-refractivity contribution in [1.29, 1.82) is 5.41 Å². The molecule has 0 atom stereocenters. The molecule has 0 spiro atoms. The van der Waals surface area contributed by atoms with Crippen molar-refractivity contribution in [2.45, 2.75) is 6.54 Å². The zero-order valence-electron chi connectivity index (χ0n) is 15.2. The Hall–Kier alpha value is -2.52. The first-order chi connectivity index (χ1) is 12.8. The lowest BCUT2D eigenvalue weighted by Gasteiger charge is -2.16. The largest absolute Gasteiger partial charge is 0.348 e. The fourth-order valence-corrected chi connectivity index (χ4v) is 3.28. The number of aromatic nitrogens is 3. The number of benzene rings is 1. The van der Waals surface area contributed by atoms with Gasteiger partial charge in [-0.2, -0.15) is 0 Å². The molecule has 146 valence electrons. The van der Waals surface area contributed by atoms with Gasteiger partial charge < -0.3 is 9.98 Å². The smallest absolute Gasteiger partial charge is 0.330 e. The Morgan fingerprint density at radius 1 is 1.04 bits per heavy atom. The molecule has 0 aliphatic rings. The molecule has 1 N–H and O–H groups in total. The first kappa shape index (κ1) is 21.8. The molecule has 1 aromatic carbocycles. The average Bonchev–Trinajstić information content (AvgIpc) is 2.66. The van der Waals surface area contributed by atoms with E-state index < -0.39 is 17.0 Å². The lowest BCUT2D eigenvalue weighted by Crippen LogP contribution is -2.43. The van der Waals surface area contributed by atoms with Crippen molar-refractivity contribution < 1.29 is 4.79 Å². The maximum atomic E-state index is 13.2. The summed E-state index contributed by atoms with van der Waals surface area (Å²) >= 11 is 3.35. The van der Waals surface area contributed by atoms with Crippen LogP contribution in [0.1, 0.15) is 21.6 Å². The third kappa shape index (κ3) is 4.00. The maximum absolute atomic E-state index is 13.2. The van der Waals surface area contributed by atoms with E-state index in [0.717, 1.165) is 4.57 Å². The minimum Gasteiger partial charge on any atom is -0.348 e. The minimum atomic E-state index is -0.633. The number of nitrogens with one attached hydrogen (secondary N) is 1. The van der Waals surface area contributed by atoms with Crippen molar-refractivity contribution in [3.63, 3.8) is 0 Å². The molecule has 2 aromatic heterocycles. The molecule has 9 heteroatoms. The van der Waals surface area contributed by atoms with E-state index in [4.69, 9.17) is 5.41 Å². The zero-order chi connectivity index (χ0) is 19.7. The van der Waals surface area contributed by atoms with Crippen molar-refractivity contribution in [3.8, 4) is 0 Å². The maximum Gasteiger partial charge on any atom is 0.330 e. The van der Waals surface area contributed by atoms with E-state index in [-0.39, 0.29) is 29.1 Å². The SMILES string of the molecule is Br.Cn1c(Cn2ccc(=N)cc2)c(C(=O)c2ccccc2Br)c(=O)n(C)c1=O. The van der Waals surface area contributed by atoms with Crippen LogP contribution in [-0.4, -0.2) is 19.5 Å². The molecule has 0 amide bonds. The summed E-state index contributed by atoms with van der Waals surface area (Å²) in [6, 6.07) is 10.0. The summed E-state index contributed by atoms with van der Waals surface area (Å²) in [4.78, 5) is 38.4. The normalized spacial score (nSPS) is 10.4. The van der Waals surface area contributed by atoms with Crippen LogP contribution in [0.3, 0.4) is 0 Å². The highest BCUT2D eigenvalue weighted by Gasteiger charge is 2.24. The fraction of sp³-hybridized carbons (Fsp3) is 0.158. The standard InChI is InChI=1S/C19H17BrN4O3.BrH/c1-22-15(11-24-9-7-12(21)8-10-24)16(18(26)23(2)19(22)27)17(25)13-5-3-4-6-14(13)20;/h3-10,21H,11H2,1-2H3;1H. The highest BCUT2D eigenvalue weighted by atomic mass is 79.9. The molecule has 0 bridgehead atoms. The lowest BCUT2D eigenvalue weighted by atomic mass is 10.0. The average molecular weight is 510 g/mol. The molecule has 3 rings (SSSR count). The molecule has 0 aliphatic heterocycles. The molecule has 3 aromatic rings. The van der Waals surface area contributed by atoms with Crippen LogP contribution < -0.4 is 16.6 Å². The fourth-order valence-electron chi connectivity index (χ4n) is 2.82. The van der Waals surface area contributed by atoms with Gasteiger partial charge in [-0.25, -0.2) is 4.79 Å². The Bertz CT molecular complexity index is 1200. The number of pyridine rings is 1. The molecule has 0 aliphatic carbocycles. The van der Waals surface area contributed by atoms with Gasteiger partial charge in [0, 0.05) is 36.5 Å². The number of hydrogen-bond donors (Lipinski definition) is 1. The van der Waals surface area contributed by atoms with Gasteiger partial charge in [-0.15, -0.1) is 17.0 Å². The molecular weight excluding hydrogens is 492 g/mol. The number of ketones is 1. The van der Waals surface area contributed by atoms with Crippen molar-refractivity contribution >= 4 is 38.7 Å². The minimum absolute atomic E-state index is 0. The Kier molecular flexibility index (Phi) is 6.73. The first-order valence-corrected chi connectivity index (χ1v) is 8.89. The second-order valence-corrected chi connectivity index (χ2v) is 6.95. The van der Waals surface area contributed by atoms with Gasteiger partial charge in [0.1, 0.15) is 5.56 Å². The third-order valence-corrected chi connectivity index (χ3v) is 5.05. The van der Waals surface area contributed by atoms with Gasteiger partial charge in [0.25, 0.3) is 5.56 Å². The van der Waals surface area contributed by atoms with Crippen molar-refractivity contribution in [1.82, 2.24) is 13.7 Å². The highest BCUT2D eigenvalue weighted by molar-refractivity contribution is 9.10. The van der Waals surface area contributed by atoms with Crippen LogP contribution in [0.15, 0.2) is 62.9 Å². The molecule has 0 radical (unpaired) electrons. The van der Waals surface area contributed by atoms with Gasteiger partial charge in [0.2, 0.25) is 5.78 Å². The summed E-state index contributed by atoms with van der Waals surface area (Å²) < 4.78 is 4.53. The van der Waals surface area contributed by atoms with Crippen LogP contribution in [0.4, 0.5) is 0 Å². The lowest BCUT2D eigenvalue weighted by molar-refractivity contribution is 0.103. The molecule has 0 saturated heterocycles. The van der Waals surface area contributed by atoms with Crippen LogP contribution in [0.5, 0.6) is 0 Å². The van der Waals surface area contributed by atoms with E-state index in [2.05, 4.69) is 15.9 Å². The van der Waals surface area contributed by atoms with E-state index in [1.165, 1.54) is 18.7 Å². The number of carbonyl (C=O) groups excluding carboxylic acids is 1. The van der Waals surface area contributed by atoms with E-state index in [9.17, 15) is 14.4 Å². The Morgan fingerprint density at radius 2 is 1.64 bits per heavy atom. The van der Waals surface area contributed by atoms with Crippen LogP contribution in [-0.2, 0) is 20.6 Å². The predicted molar refractivity (Wildman–Crippen MR) is 114 cm³/mol. The Balaban J connectivity index is 0.00000280. The van der Waals surface area contributed by atoms with Gasteiger partial charge in [0.05, 0.1) is 17.6 Å². The number of hydrogen-bond acceptors (Lipinski definition) is 4. The van der Waals surface area contributed by atoms with Gasteiger partial charge in [0.15, 0.2) is 0 Å². The van der Waals surface area contributed by atoms with E-state index in [1.54, 1.807) is 53.4 Å². The molecule has 28 heavy (non-hydrogen) atoms. The summed E-state index contributed by atoms with van der Waals surface area (Å²) in [5.41, 5.74) is -0.524. The summed E-state index contributed by atoms with van der Waals surface area (Å²) in [5, 5.41) is 7.92. The summed E-state index contributed by atoms with van der Waals surface area (Å²) in [5.74, 6) is -0.452. The second-order valence-electron chi connectivity index (χ2n) is 6.10. The first-order valence-electron chi connectivity index (χ1n) is 8.10. The van der Waals surface area contributed by atoms with E-state index in [1.807, 2.05) is 0 Å².